The minimum atomic E-state index is -0.252. The van der Waals surface area contributed by atoms with E-state index >= 15 is 0 Å². The number of aromatic nitrogens is 2. The van der Waals surface area contributed by atoms with Crippen molar-refractivity contribution in [1.29, 1.82) is 0 Å². The Hall–Kier alpha value is -6.30. The molecule has 0 aliphatic carbocycles. The maximum atomic E-state index is 8.97. The molecule has 3 heterocycles. The average molecular weight is 667 g/mol. The molecule has 0 saturated carbocycles. The van der Waals surface area contributed by atoms with E-state index in [2.05, 4.69) is 132 Å². The average Bonchev–Trinajstić information content (AvgIpc) is 3.60. The van der Waals surface area contributed by atoms with E-state index in [1.54, 1.807) is 0 Å². The zero-order valence-corrected chi connectivity index (χ0v) is 28.2. The minimum absolute atomic E-state index is 0.252. The van der Waals surface area contributed by atoms with Crippen LogP contribution in [0.3, 0.4) is 0 Å². The Morgan fingerprint density at radius 3 is 2.12 bits per heavy atom. The lowest BCUT2D eigenvalue weighted by atomic mass is 9.45. The fourth-order valence-corrected chi connectivity index (χ4v) is 9.53. The number of nitrogens with zero attached hydrogens (tertiary/aromatic N) is 3. The number of fused-ring (bicyclic) bond motifs is 13. The van der Waals surface area contributed by atoms with Gasteiger partial charge < -0.3 is 4.81 Å². The van der Waals surface area contributed by atoms with Gasteiger partial charge in [-0.15, -0.1) is 11.3 Å². The molecule has 11 rings (SSSR count). The summed E-state index contributed by atoms with van der Waals surface area (Å²) in [6.45, 7) is -0.252. The summed E-state index contributed by atoms with van der Waals surface area (Å²) in [5.41, 5.74) is 8.31. The van der Waals surface area contributed by atoms with E-state index < -0.39 is 0 Å². The first-order chi connectivity index (χ1) is 25.7. The van der Waals surface area contributed by atoms with Gasteiger partial charge in [-0.3, -0.25) is 0 Å². The number of rotatable bonds is 3. The van der Waals surface area contributed by atoms with Gasteiger partial charge >= 0.3 is 6.85 Å². The zero-order valence-electron chi connectivity index (χ0n) is 28.4. The highest BCUT2D eigenvalue weighted by molar-refractivity contribution is 7.27. The molecule has 0 N–H and O–H groups in total. The summed E-state index contributed by atoms with van der Waals surface area (Å²) in [7, 11) is 0. The van der Waals surface area contributed by atoms with Crippen molar-refractivity contribution in [2.45, 2.75) is 0 Å². The van der Waals surface area contributed by atoms with Crippen LogP contribution in [0.4, 0.5) is 11.6 Å². The molecule has 10 aromatic rings. The first-order valence-corrected chi connectivity index (χ1v) is 18.1. The van der Waals surface area contributed by atoms with Gasteiger partial charge in [0.15, 0.2) is 0 Å². The molecule has 3 nitrogen and oxygen atoms in total. The van der Waals surface area contributed by atoms with Crippen LogP contribution >= 0.6 is 11.3 Å². The summed E-state index contributed by atoms with van der Waals surface area (Å²) in [5, 5.41) is 8.23. The number of thiophene rings is 1. The van der Waals surface area contributed by atoms with Gasteiger partial charge in [-0.05, 0) is 39.3 Å². The topological polar surface area (TPSA) is 29.0 Å². The van der Waals surface area contributed by atoms with Crippen LogP contribution in [-0.4, -0.2) is 16.8 Å². The summed E-state index contributed by atoms with van der Waals surface area (Å²) in [4.78, 5) is 13.4. The lowest BCUT2D eigenvalue weighted by Crippen LogP contribution is -2.58. The number of hydrogen-bond acceptors (Lipinski definition) is 4. The van der Waals surface area contributed by atoms with E-state index in [1.807, 2.05) is 47.7 Å². The van der Waals surface area contributed by atoms with Gasteiger partial charge in [-0.25, -0.2) is 9.97 Å². The zero-order chi connectivity index (χ0) is 34.3. The van der Waals surface area contributed by atoms with Crippen molar-refractivity contribution >= 4 is 93.4 Å². The third-order valence-electron chi connectivity index (χ3n) is 10.4. The van der Waals surface area contributed by atoms with Crippen molar-refractivity contribution in [3.63, 3.8) is 0 Å². The fraction of sp³-hybridized carbons (Fsp3) is 0. The van der Waals surface area contributed by atoms with Crippen molar-refractivity contribution in [2.24, 2.45) is 0 Å². The lowest BCUT2D eigenvalue weighted by molar-refractivity contribution is 1.16. The third kappa shape index (κ3) is 4.19. The Morgan fingerprint density at radius 1 is 0.569 bits per heavy atom. The Bertz CT molecular complexity index is 3070. The van der Waals surface area contributed by atoms with Crippen molar-refractivity contribution < 1.29 is 1.37 Å². The quantitative estimate of drug-likeness (QED) is 0.176. The summed E-state index contributed by atoms with van der Waals surface area (Å²) in [6.07, 6.45) is 0. The molecule has 0 amide bonds. The van der Waals surface area contributed by atoms with Crippen LogP contribution in [0.5, 0.6) is 0 Å². The number of anilines is 2. The third-order valence-corrected chi connectivity index (χ3v) is 11.6. The summed E-state index contributed by atoms with van der Waals surface area (Å²) >= 11 is 1.85. The van der Waals surface area contributed by atoms with Gasteiger partial charge in [-0.1, -0.05) is 163 Å². The molecule has 2 aromatic heterocycles. The summed E-state index contributed by atoms with van der Waals surface area (Å²) in [6, 6.07) is 58.2. The lowest BCUT2D eigenvalue weighted by Gasteiger charge is -2.39. The van der Waals surface area contributed by atoms with Crippen molar-refractivity contribution in [3.8, 4) is 22.4 Å². The predicted octanol–water partition coefficient (Wildman–Crippen LogP) is 10.9. The second-order valence-corrected chi connectivity index (χ2v) is 14.2. The molecular formula is C46H28BN3S. The van der Waals surface area contributed by atoms with Crippen LogP contribution in [0.1, 0.15) is 1.37 Å². The molecule has 0 unspecified atom stereocenters. The predicted molar refractivity (Wildman–Crippen MR) is 218 cm³/mol. The molecule has 236 valence electrons. The SMILES string of the molecule is [2H]c1ccccc1-c1nc(N2B(c3ccccc3)c3c(ccc4ccccc34)-c3c2c2c4ccccc4sc2c2ccccc32)nc2ccccc12. The highest BCUT2D eigenvalue weighted by Gasteiger charge is 2.42. The molecule has 8 aromatic carbocycles. The highest BCUT2D eigenvalue weighted by Crippen LogP contribution is 2.53. The maximum Gasteiger partial charge on any atom is 0.332 e. The summed E-state index contributed by atoms with van der Waals surface area (Å²) in [5.74, 6) is 0.609. The smallest absolute Gasteiger partial charge is 0.332 e. The molecule has 0 radical (unpaired) electrons. The van der Waals surface area contributed by atoms with E-state index in [1.165, 1.54) is 58.3 Å². The minimum Gasteiger partial charge on any atom is -0.345 e. The monoisotopic (exact) mass is 666 g/mol. The van der Waals surface area contributed by atoms with E-state index in [4.69, 9.17) is 11.3 Å². The van der Waals surface area contributed by atoms with Crippen molar-refractivity contribution in [1.82, 2.24) is 9.97 Å². The van der Waals surface area contributed by atoms with Crippen LogP contribution in [0.2, 0.25) is 0 Å². The van der Waals surface area contributed by atoms with Crippen molar-refractivity contribution in [3.05, 3.63) is 170 Å². The van der Waals surface area contributed by atoms with Gasteiger partial charge in [0.2, 0.25) is 5.95 Å². The molecular weight excluding hydrogens is 637 g/mol. The second-order valence-electron chi connectivity index (χ2n) is 13.2. The van der Waals surface area contributed by atoms with Gasteiger partial charge in [0, 0.05) is 47.8 Å². The van der Waals surface area contributed by atoms with Gasteiger partial charge in [0.05, 0.1) is 12.6 Å². The second kappa shape index (κ2) is 11.1. The molecule has 0 fully saturated rings. The molecule has 0 saturated heterocycles. The first kappa shape index (κ1) is 27.5. The molecule has 1 aliphatic rings. The van der Waals surface area contributed by atoms with E-state index in [9.17, 15) is 0 Å². The molecule has 0 spiro atoms. The van der Waals surface area contributed by atoms with E-state index in [-0.39, 0.29) is 6.85 Å². The fourth-order valence-electron chi connectivity index (χ4n) is 8.29. The maximum absolute atomic E-state index is 8.97. The van der Waals surface area contributed by atoms with Gasteiger partial charge in [-0.2, -0.15) is 0 Å². The molecule has 0 bridgehead atoms. The van der Waals surface area contributed by atoms with Crippen LogP contribution < -0.4 is 15.7 Å². The molecule has 51 heavy (non-hydrogen) atoms. The molecule has 1 aliphatic heterocycles. The van der Waals surface area contributed by atoms with Crippen LogP contribution in [0.15, 0.2) is 170 Å². The van der Waals surface area contributed by atoms with Gasteiger partial charge in [0.1, 0.15) is 0 Å². The number of benzene rings is 8. The van der Waals surface area contributed by atoms with Crippen LogP contribution in [-0.2, 0) is 0 Å². The molecule has 5 heteroatoms. The van der Waals surface area contributed by atoms with Crippen LogP contribution in [0.25, 0.3) is 75.0 Å². The van der Waals surface area contributed by atoms with Gasteiger partial charge in [0.25, 0.3) is 0 Å². The van der Waals surface area contributed by atoms with E-state index in [0.717, 1.165) is 33.3 Å². The number of para-hydroxylation sites is 1. The van der Waals surface area contributed by atoms with E-state index in [0.29, 0.717) is 12.0 Å². The normalized spacial score (nSPS) is 12.9. The Balaban J connectivity index is 1.39. The summed E-state index contributed by atoms with van der Waals surface area (Å²) < 4.78 is 11.5. The molecule has 0 atom stereocenters. The largest absolute Gasteiger partial charge is 0.345 e. The van der Waals surface area contributed by atoms with Crippen LogP contribution in [0, 0.1) is 0 Å². The number of hydrogen-bond donors (Lipinski definition) is 0. The Labute approximate surface area is 300 Å². The highest BCUT2D eigenvalue weighted by atomic mass is 32.1. The standard InChI is InChI=1S/C46H28BN3S/c1-3-16-30(17-4-1)43-35-23-11-13-25-38(35)48-46(49-43)50-44-40(33-21-9-10-22-34(33)45-41(44)36-24-12-14-26-39(36)51-45)37-28-27-29-15-7-8-20-32(29)42(37)47(50)31-18-5-2-6-19-31/h1-28H/i16D. The Morgan fingerprint density at radius 2 is 1.25 bits per heavy atom. The Kier molecular flexibility index (Phi) is 5.99. The first-order valence-electron chi connectivity index (χ1n) is 17.8. The van der Waals surface area contributed by atoms with Crippen molar-refractivity contribution in [2.75, 3.05) is 4.81 Å².